The van der Waals surface area contributed by atoms with E-state index < -0.39 is 0 Å². The van der Waals surface area contributed by atoms with Gasteiger partial charge in [-0.2, -0.15) is 0 Å². The molecule has 3 heteroatoms. The highest BCUT2D eigenvalue weighted by atomic mass is 35.5. The van der Waals surface area contributed by atoms with E-state index in [1.807, 2.05) is 54.6 Å². The molecule has 19 heavy (non-hydrogen) atoms. The molecule has 96 valence electrons. The Kier molecular flexibility index (Phi) is 4.76. The lowest BCUT2D eigenvalue weighted by molar-refractivity contribution is -0.111. The minimum atomic E-state index is -0.150. The number of amides is 1. The van der Waals surface area contributed by atoms with Crippen LogP contribution in [-0.2, 0) is 10.7 Å². The van der Waals surface area contributed by atoms with Crippen LogP contribution in [0.15, 0.2) is 60.7 Å². The monoisotopic (exact) mass is 271 g/mol. The summed E-state index contributed by atoms with van der Waals surface area (Å²) in [6.07, 6.45) is 3.30. The van der Waals surface area contributed by atoms with Crippen LogP contribution in [0.4, 0.5) is 5.69 Å². The maximum Gasteiger partial charge on any atom is 0.248 e. The zero-order valence-electron chi connectivity index (χ0n) is 10.3. The van der Waals surface area contributed by atoms with Crippen molar-refractivity contribution in [3.05, 3.63) is 71.8 Å². The number of hydrogen-bond acceptors (Lipinski definition) is 1. The Labute approximate surface area is 117 Å². The fourth-order valence-corrected chi connectivity index (χ4v) is 1.78. The van der Waals surface area contributed by atoms with E-state index in [2.05, 4.69) is 5.32 Å². The third-order valence-corrected chi connectivity index (χ3v) is 2.91. The van der Waals surface area contributed by atoms with Crippen molar-refractivity contribution in [2.75, 3.05) is 5.32 Å². The third kappa shape index (κ3) is 4.27. The summed E-state index contributed by atoms with van der Waals surface area (Å²) in [6, 6.07) is 17.2. The summed E-state index contributed by atoms with van der Waals surface area (Å²) in [5.74, 6) is 0.324. The Hall–Kier alpha value is -2.06. The lowest BCUT2D eigenvalue weighted by atomic mass is 10.2. The molecule has 0 bridgehead atoms. The van der Waals surface area contributed by atoms with Crippen molar-refractivity contribution in [2.24, 2.45) is 0 Å². The molecule has 0 unspecified atom stereocenters. The Bertz CT molecular complexity index is 561. The fourth-order valence-electron chi connectivity index (χ4n) is 1.60. The smallest absolute Gasteiger partial charge is 0.248 e. The zero-order valence-corrected chi connectivity index (χ0v) is 11.1. The predicted octanol–water partition coefficient (Wildman–Crippen LogP) is 4.08. The number of hydrogen-bond donors (Lipinski definition) is 1. The van der Waals surface area contributed by atoms with Crippen molar-refractivity contribution in [3.8, 4) is 0 Å². The molecule has 2 rings (SSSR count). The summed E-state index contributed by atoms with van der Waals surface area (Å²) in [4.78, 5) is 11.7. The molecule has 0 spiro atoms. The molecule has 0 fully saturated rings. The molecule has 0 aliphatic carbocycles. The van der Waals surface area contributed by atoms with Crippen LogP contribution >= 0.6 is 11.6 Å². The summed E-state index contributed by atoms with van der Waals surface area (Å²) >= 11 is 5.70. The highest BCUT2D eigenvalue weighted by Gasteiger charge is 1.98. The molecule has 0 atom stereocenters. The van der Waals surface area contributed by atoms with Gasteiger partial charge in [-0.15, -0.1) is 11.6 Å². The molecule has 0 aliphatic heterocycles. The molecule has 0 radical (unpaired) electrons. The molecule has 0 saturated heterocycles. The molecule has 0 aromatic heterocycles. The Morgan fingerprint density at radius 2 is 1.74 bits per heavy atom. The van der Waals surface area contributed by atoms with E-state index in [1.165, 1.54) is 6.08 Å². The zero-order chi connectivity index (χ0) is 13.5. The van der Waals surface area contributed by atoms with Gasteiger partial charge in [0.2, 0.25) is 5.91 Å². The average Bonchev–Trinajstić information content (AvgIpc) is 2.47. The first kappa shape index (κ1) is 13.4. The normalized spacial score (nSPS) is 10.6. The van der Waals surface area contributed by atoms with Gasteiger partial charge in [0.05, 0.1) is 0 Å². The van der Waals surface area contributed by atoms with E-state index >= 15 is 0 Å². The van der Waals surface area contributed by atoms with Crippen LogP contribution in [0.3, 0.4) is 0 Å². The van der Waals surface area contributed by atoms with Gasteiger partial charge in [-0.1, -0.05) is 42.5 Å². The van der Waals surface area contributed by atoms with Crippen LogP contribution in [-0.4, -0.2) is 5.91 Å². The Balaban J connectivity index is 1.95. The molecular weight excluding hydrogens is 258 g/mol. The topological polar surface area (TPSA) is 29.1 Å². The molecule has 2 nitrogen and oxygen atoms in total. The first-order valence-electron chi connectivity index (χ1n) is 5.97. The van der Waals surface area contributed by atoms with Gasteiger partial charge in [0, 0.05) is 17.6 Å². The fraction of sp³-hybridized carbons (Fsp3) is 0.0625. The lowest BCUT2D eigenvalue weighted by Gasteiger charge is -2.02. The van der Waals surface area contributed by atoms with E-state index in [-0.39, 0.29) is 5.91 Å². The SMILES string of the molecule is O=C(C=Cc1ccccc1)Nc1ccc(CCl)cc1. The number of carbonyl (C=O) groups is 1. The van der Waals surface area contributed by atoms with Gasteiger partial charge in [-0.25, -0.2) is 0 Å². The van der Waals surface area contributed by atoms with Gasteiger partial charge in [-0.05, 0) is 29.3 Å². The summed E-state index contributed by atoms with van der Waals surface area (Å²) in [6.45, 7) is 0. The van der Waals surface area contributed by atoms with Crippen LogP contribution < -0.4 is 5.32 Å². The van der Waals surface area contributed by atoms with Gasteiger partial charge in [0.15, 0.2) is 0 Å². The Morgan fingerprint density at radius 1 is 1.05 bits per heavy atom. The van der Waals surface area contributed by atoms with Gasteiger partial charge < -0.3 is 5.32 Å². The molecule has 2 aromatic carbocycles. The number of benzene rings is 2. The molecule has 1 N–H and O–H groups in total. The van der Waals surface area contributed by atoms with E-state index in [0.717, 1.165) is 16.8 Å². The molecule has 1 amide bonds. The standard InChI is InChI=1S/C16H14ClNO/c17-12-14-6-9-15(10-7-14)18-16(19)11-8-13-4-2-1-3-5-13/h1-11H,12H2,(H,18,19). The molecule has 0 aliphatic rings. The number of anilines is 1. The Morgan fingerprint density at radius 3 is 2.37 bits per heavy atom. The van der Waals surface area contributed by atoms with E-state index in [0.29, 0.717) is 5.88 Å². The number of rotatable bonds is 4. The number of nitrogens with one attached hydrogen (secondary N) is 1. The average molecular weight is 272 g/mol. The number of halogens is 1. The minimum absolute atomic E-state index is 0.150. The second kappa shape index (κ2) is 6.76. The highest BCUT2D eigenvalue weighted by molar-refractivity contribution is 6.17. The quantitative estimate of drug-likeness (QED) is 0.659. The van der Waals surface area contributed by atoms with Crippen molar-refractivity contribution >= 4 is 29.3 Å². The van der Waals surface area contributed by atoms with E-state index in [4.69, 9.17) is 11.6 Å². The summed E-state index contributed by atoms with van der Waals surface area (Å²) in [5.41, 5.74) is 2.78. The van der Waals surface area contributed by atoms with Crippen molar-refractivity contribution in [1.82, 2.24) is 0 Å². The first-order valence-corrected chi connectivity index (χ1v) is 6.50. The lowest BCUT2D eigenvalue weighted by Crippen LogP contribution is -2.07. The maximum absolute atomic E-state index is 11.7. The third-order valence-electron chi connectivity index (χ3n) is 2.60. The van der Waals surface area contributed by atoms with Crippen LogP contribution in [0.1, 0.15) is 11.1 Å². The van der Waals surface area contributed by atoms with E-state index in [9.17, 15) is 4.79 Å². The summed E-state index contributed by atoms with van der Waals surface area (Å²) < 4.78 is 0. The van der Waals surface area contributed by atoms with E-state index in [1.54, 1.807) is 6.08 Å². The van der Waals surface area contributed by atoms with Crippen molar-refractivity contribution in [1.29, 1.82) is 0 Å². The van der Waals surface area contributed by atoms with Gasteiger partial charge in [-0.3, -0.25) is 4.79 Å². The maximum atomic E-state index is 11.7. The van der Waals surface area contributed by atoms with Crippen molar-refractivity contribution in [2.45, 2.75) is 5.88 Å². The van der Waals surface area contributed by atoms with Crippen molar-refractivity contribution in [3.63, 3.8) is 0 Å². The molecule has 0 heterocycles. The second-order valence-corrected chi connectivity index (χ2v) is 4.33. The second-order valence-electron chi connectivity index (χ2n) is 4.06. The molecular formula is C16H14ClNO. The van der Waals surface area contributed by atoms with Crippen molar-refractivity contribution < 1.29 is 4.79 Å². The largest absolute Gasteiger partial charge is 0.323 e. The van der Waals surface area contributed by atoms with Crippen LogP contribution in [0, 0.1) is 0 Å². The van der Waals surface area contributed by atoms with Crippen LogP contribution in [0.5, 0.6) is 0 Å². The van der Waals surface area contributed by atoms with Crippen LogP contribution in [0.25, 0.3) is 6.08 Å². The van der Waals surface area contributed by atoms with Gasteiger partial charge in [0.1, 0.15) is 0 Å². The van der Waals surface area contributed by atoms with Crippen LogP contribution in [0.2, 0.25) is 0 Å². The van der Waals surface area contributed by atoms with Gasteiger partial charge in [0.25, 0.3) is 0 Å². The predicted molar refractivity (Wildman–Crippen MR) is 80.1 cm³/mol. The minimum Gasteiger partial charge on any atom is -0.323 e. The number of alkyl halides is 1. The first-order chi connectivity index (χ1) is 9.28. The summed E-state index contributed by atoms with van der Waals surface area (Å²) in [5, 5.41) is 2.79. The molecule has 0 saturated carbocycles. The molecule has 2 aromatic rings. The number of carbonyl (C=O) groups excluding carboxylic acids is 1. The highest BCUT2D eigenvalue weighted by Crippen LogP contribution is 2.11. The van der Waals surface area contributed by atoms with Gasteiger partial charge >= 0.3 is 0 Å². The summed E-state index contributed by atoms with van der Waals surface area (Å²) in [7, 11) is 0.